The SMILES string of the molecule is CC(C)c1c(C(=O)NNC(=O)c2nn(C)c(=O)c3ccccc23)cnn1-c1ccc(Cl)cc1. The van der Waals surface area contributed by atoms with Crippen molar-refractivity contribution in [3.8, 4) is 5.69 Å². The monoisotopic (exact) mass is 464 g/mol. The summed E-state index contributed by atoms with van der Waals surface area (Å²) >= 11 is 5.98. The Morgan fingerprint density at radius 3 is 2.27 bits per heavy atom. The van der Waals surface area contributed by atoms with Gasteiger partial charge in [-0.15, -0.1) is 0 Å². The third-order valence-corrected chi connectivity index (χ3v) is 5.38. The standard InChI is InChI=1S/C23H21ClN6O3/c1-13(2)20-18(12-25-30(20)15-10-8-14(24)9-11-15)21(31)26-27-22(32)19-16-6-4-5-7-17(16)23(33)29(3)28-19/h4-13H,1-3H3,(H,26,31)(H,27,32). The molecule has 0 fully saturated rings. The molecule has 4 rings (SSSR count). The number of carbonyl (C=O) groups excluding carboxylic acids is 2. The highest BCUT2D eigenvalue weighted by Gasteiger charge is 2.22. The first-order chi connectivity index (χ1) is 15.8. The highest BCUT2D eigenvalue weighted by Crippen LogP contribution is 2.24. The Morgan fingerprint density at radius 2 is 1.61 bits per heavy atom. The second-order valence-electron chi connectivity index (χ2n) is 7.72. The Bertz CT molecular complexity index is 1420. The first kappa shape index (κ1) is 22.2. The number of nitrogens with zero attached hydrogens (tertiary/aromatic N) is 4. The van der Waals surface area contributed by atoms with Gasteiger partial charge in [0.2, 0.25) is 0 Å². The van der Waals surface area contributed by atoms with E-state index in [1.54, 1.807) is 53.2 Å². The van der Waals surface area contributed by atoms with Crippen LogP contribution in [0.15, 0.2) is 59.5 Å². The molecular formula is C23H21ClN6O3. The number of nitrogens with one attached hydrogen (secondary N) is 2. The van der Waals surface area contributed by atoms with Crippen molar-refractivity contribution in [2.75, 3.05) is 0 Å². The molecule has 0 aliphatic heterocycles. The molecule has 33 heavy (non-hydrogen) atoms. The lowest BCUT2D eigenvalue weighted by atomic mass is 10.1. The van der Waals surface area contributed by atoms with Gasteiger partial charge in [0.1, 0.15) is 0 Å². The van der Waals surface area contributed by atoms with Gasteiger partial charge in [-0.1, -0.05) is 43.6 Å². The summed E-state index contributed by atoms with van der Waals surface area (Å²) in [7, 11) is 1.46. The molecule has 4 aromatic rings. The number of aryl methyl sites for hydroxylation is 1. The maximum Gasteiger partial charge on any atom is 0.290 e. The number of hydrogen-bond acceptors (Lipinski definition) is 5. The minimum atomic E-state index is -0.647. The van der Waals surface area contributed by atoms with Crippen molar-refractivity contribution in [3.63, 3.8) is 0 Å². The number of rotatable bonds is 4. The van der Waals surface area contributed by atoms with Crippen molar-refractivity contribution in [1.82, 2.24) is 30.4 Å². The predicted octanol–water partition coefficient (Wildman–Crippen LogP) is 2.97. The molecule has 2 heterocycles. The summed E-state index contributed by atoms with van der Waals surface area (Å²) in [6.07, 6.45) is 1.45. The van der Waals surface area contributed by atoms with E-state index in [-0.39, 0.29) is 17.2 Å². The van der Waals surface area contributed by atoms with Crippen LogP contribution in [0.4, 0.5) is 0 Å². The van der Waals surface area contributed by atoms with Crippen molar-refractivity contribution in [2.45, 2.75) is 19.8 Å². The second-order valence-corrected chi connectivity index (χ2v) is 8.15. The lowest BCUT2D eigenvalue weighted by molar-refractivity contribution is 0.0843. The molecule has 0 aliphatic rings. The van der Waals surface area contributed by atoms with E-state index in [9.17, 15) is 14.4 Å². The zero-order valence-electron chi connectivity index (χ0n) is 18.2. The molecule has 2 N–H and O–H groups in total. The largest absolute Gasteiger partial charge is 0.290 e. The van der Waals surface area contributed by atoms with Gasteiger partial charge in [-0.2, -0.15) is 10.2 Å². The van der Waals surface area contributed by atoms with E-state index < -0.39 is 11.8 Å². The first-order valence-corrected chi connectivity index (χ1v) is 10.6. The van der Waals surface area contributed by atoms with Crippen molar-refractivity contribution >= 4 is 34.2 Å². The number of carbonyl (C=O) groups is 2. The molecule has 0 saturated carbocycles. The minimum absolute atomic E-state index is 0.0222. The fraction of sp³-hybridized carbons (Fsp3) is 0.174. The topological polar surface area (TPSA) is 111 Å². The maximum absolute atomic E-state index is 12.9. The average Bonchev–Trinajstić information content (AvgIpc) is 3.26. The molecule has 9 nitrogen and oxygen atoms in total. The van der Waals surface area contributed by atoms with E-state index in [0.29, 0.717) is 27.1 Å². The molecule has 0 bridgehead atoms. The molecule has 168 valence electrons. The van der Waals surface area contributed by atoms with Gasteiger partial charge in [0.05, 0.1) is 28.5 Å². The van der Waals surface area contributed by atoms with Gasteiger partial charge in [0, 0.05) is 17.5 Å². The fourth-order valence-corrected chi connectivity index (χ4v) is 3.71. The van der Waals surface area contributed by atoms with Crippen LogP contribution in [0.2, 0.25) is 5.02 Å². The number of hydrazine groups is 1. The van der Waals surface area contributed by atoms with Crippen LogP contribution < -0.4 is 16.4 Å². The predicted molar refractivity (Wildman–Crippen MR) is 125 cm³/mol. The summed E-state index contributed by atoms with van der Waals surface area (Å²) in [6, 6.07) is 13.8. The van der Waals surface area contributed by atoms with Gasteiger partial charge >= 0.3 is 0 Å². The lowest BCUT2D eigenvalue weighted by Gasteiger charge is -2.13. The molecule has 0 unspecified atom stereocenters. The van der Waals surface area contributed by atoms with Crippen molar-refractivity contribution in [3.05, 3.63) is 87.1 Å². The van der Waals surface area contributed by atoms with Gasteiger partial charge < -0.3 is 0 Å². The lowest BCUT2D eigenvalue weighted by Crippen LogP contribution is -2.43. The molecule has 2 amide bonds. The molecular weight excluding hydrogens is 444 g/mol. The van der Waals surface area contributed by atoms with E-state index in [1.165, 1.54) is 13.2 Å². The van der Waals surface area contributed by atoms with E-state index in [4.69, 9.17) is 11.6 Å². The number of hydrogen-bond donors (Lipinski definition) is 2. The summed E-state index contributed by atoms with van der Waals surface area (Å²) in [5, 5.41) is 9.77. The second kappa shape index (κ2) is 8.87. The third-order valence-electron chi connectivity index (χ3n) is 5.13. The number of benzene rings is 2. The average molecular weight is 465 g/mol. The van der Waals surface area contributed by atoms with Gasteiger partial charge in [0.15, 0.2) is 5.69 Å². The van der Waals surface area contributed by atoms with Crippen LogP contribution in [-0.2, 0) is 7.05 Å². The molecule has 0 aliphatic carbocycles. The smallest absolute Gasteiger partial charge is 0.267 e. The maximum atomic E-state index is 12.9. The van der Waals surface area contributed by atoms with Crippen LogP contribution in [0, 0.1) is 0 Å². The Kier molecular flexibility index (Phi) is 5.97. The van der Waals surface area contributed by atoms with Crippen LogP contribution >= 0.6 is 11.6 Å². The first-order valence-electron chi connectivity index (χ1n) is 10.2. The quantitative estimate of drug-likeness (QED) is 0.451. The van der Waals surface area contributed by atoms with Crippen LogP contribution in [0.25, 0.3) is 16.5 Å². The van der Waals surface area contributed by atoms with Crippen LogP contribution in [0.5, 0.6) is 0 Å². The van der Waals surface area contributed by atoms with Gasteiger partial charge in [-0.3, -0.25) is 25.2 Å². The summed E-state index contributed by atoms with van der Waals surface area (Å²) in [5.41, 5.74) is 6.27. The van der Waals surface area contributed by atoms with E-state index in [2.05, 4.69) is 21.0 Å². The molecule has 0 spiro atoms. The number of amides is 2. The molecule has 0 radical (unpaired) electrons. The third kappa shape index (κ3) is 4.22. The highest BCUT2D eigenvalue weighted by atomic mass is 35.5. The molecule has 0 saturated heterocycles. The van der Waals surface area contributed by atoms with Crippen LogP contribution in [0.3, 0.4) is 0 Å². The Balaban J connectivity index is 1.60. The molecule has 0 atom stereocenters. The minimum Gasteiger partial charge on any atom is -0.267 e. The van der Waals surface area contributed by atoms with E-state index in [1.807, 2.05) is 13.8 Å². The van der Waals surface area contributed by atoms with Crippen molar-refractivity contribution in [1.29, 1.82) is 0 Å². The number of aromatic nitrogens is 4. The number of fused-ring (bicyclic) bond motifs is 1. The van der Waals surface area contributed by atoms with Crippen molar-refractivity contribution in [2.24, 2.45) is 7.05 Å². The highest BCUT2D eigenvalue weighted by molar-refractivity contribution is 6.30. The number of halogens is 1. The zero-order chi connectivity index (χ0) is 23.7. The zero-order valence-corrected chi connectivity index (χ0v) is 18.9. The van der Waals surface area contributed by atoms with Crippen molar-refractivity contribution < 1.29 is 9.59 Å². The van der Waals surface area contributed by atoms with Crippen LogP contribution in [0.1, 0.15) is 46.3 Å². The fourth-order valence-electron chi connectivity index (χ4n) is 3.58. The normalized spacial score (nSPS) is 11.1. The summed E-state index contributed by atoms with van der Waals surface area (Å²) in [6.45, 7) is 3.89. The van der Waals surface area contributed by atoms with E-state index in [0.717, 1.165) is 10.4 Å². The summed E-state index contributed by atoms with van der Waals surface area (Å²) in [5.74, 6) is -1.21. The Labute approximate surface area is 193 Å². The Morgan fingerprint density at radius 1 is 0.970 bits per heavy atom. The summed E-state index contributed by atoms with van der Waals surface area (Å²) < 4.78 is 2.76. The van der Waals surface area contributed by atoms with Gasteiger partial charge in [-0.05, 0) is 36.2 Å². The Hall–Kier alpha value is -3.98. The van der Waals surface area contributed by atoms with Gasteiger partial charge in [0.25, 0.3) is 17.4 Å². The van der Waals surface area contributed by atoms with Gasteiger partial charge in [-0.25, -0.2) is 9.36 Å². The molecule has 10 heteroatoms. The summed E-state index contributed by atoms with van der Waals surface area (Å²) in [4.78, 5) is 38.0. The molecule has 2 aromatic heterocycles. The molecule has 2 aromatic carbocycles. The van der Waals surface area contributed by atoms with Crippen LogP contribution in [-0.4, -0.2) is 31.4 Å². The van der Waals surface area contributed by atoms with E-state index >= 15 is 0 Å².